The van der Waals surface area contributed by atoms with Crippen molar-refractivity contribution in [2.75, 3.05) is 0 Å². The van der Waals surface area contributed by atoms with Crippen LogP contribution in [0.15, 0.2) is 54.6 Å². The summed E-state index contributed by atoms with van der Waals surface area (Å²) in [5.74, 6) is -2.23. The van der Waals surface area contributed by atoms with Gasteiger partial charge in [-0.2, -0.15) is 0 Å². The van der Waals surface area contributed by atoms with Crippen molar-refractivity contribution < 1.29 is 18.7 Å². The highest BCUT2D eigenvalue weighted by atomic mass is 19.1. The molecule has 3 aromatic rings. The lowest BCUT2D eigenvalue weighted by atomic mass is 9.94. The van der Waals surface area contributed by atoms with Gasteiger partial charge in [-0.1, -0.05) is 36.4 Å². The van der Waals surface area contributed by atoms with Crippen LogP contribution >= 0.6 is 0 Å². The maximum Gasteiger partial charge on any atom is 0.336 e. The Morgan fingerprint density at radius 2 is 1.52 bits per heavy atom. The minimum Gasteiger partial charge on any atom is -0.478 e. The second-order valence-corrected chi connectivity index (χ2v) is 4.64. The number of halogens is 2. The zero-order valence-corrected chi connectivity index (χ0v) is 10.8. The van der Waals surface area contributed by atoms with Crippen molar-refractivity contribution in [1.29, 1.82) is 0 Å². The fourth-order valence-electron chi connectivity index (χ4n) is 2.43. The highest BCUT2D eigenvalue weighted by Gasteiger charge is 2.15. The SMILES string of the molecule is O=C(O)c1cc(F)ccc1-c1ccc(F)c2ccccc12. The van der Waals surface area contributed by atoms with Crippen LogP contribution in [0, 0.1) is 11.6 Å². The molecule has 3 rings (SSSR count). The molecule has 0 aliphatic heterocycles. The summed E-state index contributed by atoms with van der Waals surface area (Å²) in [5, 5.41) is 10.2. The van der Waals surface area contributed by atoms with Crippen LogP contribution in [-0.4, -0.2) is 11.1 Å². The van der Waals surface area contributed by atoms with Crippen LogP contribution in [0.1, 0.15) is 10.4 Å². The molecule has 0 bridgehead atoms. The quantitative estimate of drug-likeness (QED) is 0.753. The highest BCUT2D eigenvalue weighted by Crippen LogP contribution is 2.32. The van der Waals surface area contributed by atoms with Gasteiger partial charge in [0.05, 0.1) is 5.56 Å². The van der Waals surface area contributed by atoms with Crippen molar-refractivity contribution in [1.82, 2.24) is 0 Å². The molecule has 0 heterocycles. The number of aromatic carboxylic acids is 1. The van der Waals surface area contributed by atoms with Gasteiger partial charge >= 0.3 is 5.97 Å². The van der Waals surface area contributed by atoms with E-state index in [4.69, 9.17) is 0 Å². The van der Waals surface area contributed by atoms with Crippen LogP contribution in [0.2, 0.25) is 0 Å². The Kier molecular flexibility index (Phi) is 3.14. The molecule has 0 atom stereocenters. The smallest absolute Gasteiger partial charge is 0.336 e. The lowest BCUT2D eigenvalue weighted by molar-refractivity contribution is 0.0697. The summed E-state index contributed by atoms with van der Waals surface area (Å²) in [7, 11) is 0. The first kappa shape index (κ1) is 13.2. The van der Waals surface area contributed by atoms with Gasteiger partial charge in [0.1, 0.15) is 11.6 Å². The Balaban J connectivity index is 2.36. The Hall–Kier alpha value is -2.75. The molecule has 0 unspecified atom stereocenters. The van der Waals surface area contributed by atoms with E-state index in [9.17, 15) is 18.7 Å². The van der Waals surface area contributed by atoms with E-state index in [0.29, 0.717) is 21.9 Å². The molecular formula is C17H10F2O2. The summed E-state index contributed by atoms with van der Waals surface area (Å²) >= 11 is 0. The Bertz CT molecular complexity index is 857. The molecule has 0 spiro atoms. The van der Waals surface area contributed by atoms with Gasteiger partial charge in [-0.3, -0.25) is 0 Å². The van der Waals surface area contributed by atoms with E-state index in [1.165, 1.54) is 24.3 Å². The molecule has 0 radical (unpaired) electrons. The summed E-state index contributed by atoms with van der Waals surface area (Å²) in [5.41, 5.74) is 0.774. The highest BCUT2D eigenvalue weighted by molar-refractivity contribution is 6.03. The van der Waals surface area contributed by atoms with Gasteiger partial charge in [0.25, 0.3) is 0 Å². The largest absolute Gasteiger partial charge is 0.478 e. The second-order valence-electron chi connectivity index (χ2n) is 4.64. The third-order valence-corrected chi connectivity index (χ3v) is 3.37. The normalized spacial score (nSPS) is 10.8. The van der Waals surface area contributed by atoms with E-state index >= 15 is 0 Å². The fraction of sp³-hybridized carbons (Fsp3) is 0. The van der Waals surface area contributed by atoms with Gasteiger partial charge in [0.2, 0.25) is 0 Å². The van der Waals surface area contributed by atoms with E-state index < -0.39 is 11.8 Å². The summed E-state index contributed by atoms with van der Waals surface area (Å²) in [6.07, 6.45) is 0. The average molecular weight is 284 g/mol. The van der Waals surface area contributed by atoms with E-state index in [2.05, 4.69) is 0 Å². The van der Waals surface area contributed by atoms with E-state index in [1.807, 2.05) is 0 Å². The second kappa shape index (κ2) is 4.98. The van der Waals surface area contributed by atoms with E-state index in [-0.39, 0.29) is 11.4 Å². The predicted octanol–water partition coefficient (Wildman–Crippen LogP) is 4.48. The number of carboxylic acid groups (broad SMARTS) is 1. The third-order valence-electron chi connectivity index (χ3n) is 3.37. The number of carbonyl (C=O) groups is 1. The van der Waals surface area contributed by atoms with Crippen molar-refractivity contribution >= 4 is 16.7 Å². The van der Waals surface area contributed by atoms with Crippen molar-refractivity contribution in [3.05, 3.63) is 71.8 Å². The number of fused-ring (bicyclic) bond motifs is 1. The number of hydrogen-bond acceptors (Lipinski definition) is 1. The molecule has 0 fully saturated rings. The summed E-state index contributed by atoms with van der Waals surface area (Å²) in [6.45, 7) is 0. The Morgan fingerprint density at radius 3 is 2.24 bits per heavy atom. The maximum absolute atomic E-state index is 13.8. The van der Waals surface area contributed by atoms with Crippen LogP contribution in [0.5, 0.6) is 0 Å². The van der Waals surface area contributed by atoms with Crippen LogP contribution in [0.25, 0.3) is 21.9 Å². The van der Waals surface area contributed by atoms with Gasteiger partial charge in [-0.05, 0) is 34.7 Å². The zero-order chi connectivity index (χ0) is 15.0. The molecule has 0 saturated heterocycles. The molecule has 0 amide bonds. The van der Waals surface area contributed by atoms with Gasteiger partial charge in [0.15, 0.2) is 0 Å². The molecule has 3 aromatic carbocycles. The predicted molar refractivity (Wildman–Crippen MR) is 76.3 cm³/mol. The standard InChI is InChI=1S/C17H10F2O2/c18-10-5-6-13(15(9-10)17(20)21)12-7-8-16(19)14-4-2-1-3-11(12)14/h1-9H,(H,20,21). The first-order chi connectivity index (χ1) is 10.1. The van der Waals surface area contributed by atoms with Crippen LogP contribution in [-0.2, 0) is 0 Å². The fourth-order valence-corrected chi connectivity index (χ4v) is 2.43. The average Bonchev–Trinajstić information content (AvgIpc) is 2.48. The molecule has 0 aliphatic carbocycles. The summed E-state index contributed by atoms with van der Waals surface area (Å²) < 4.78 is 27.1. The molecule has 4 heteroatoms. The number of hydrogen-bond donors (Lipinski definition) is 1. The van der Waals surface area contributed by atoms with Crippen molar-refractivity contribution in [3.8, 4) is 11.1 Å². The Labute approximate surface area is 119 Å². The minimum absolute atomic E-state index is 0.147. The lowest BCUT2D eigenvalue weighted by Gasteiger charge is -2.10. The van der Waals surface area contributed by atoms with Gasteiger partial charge in [-0.15, -0.1) is 0 Å². The molecule has 104 valence electrons. The van der Waals surface area contributed by atoms with Gasteiger partial charge in [0, 0.05) is 5.39 Å². The lowest BCUT2D eigenvalue weighted by Crippen LogP contribution is -2.01. The molecule has 0 saturated carbocycles. The number of carboxylic acids is 1. The molecule has 1 N–H and O–H groups in total. The van der Waals surface area contributed by atoms with Crippen LogP contribution in [0.3, 0.4) is 0 Å². The van der Waals surface area contributed by atoms with Gasteiger partial charge < -0.3 is 5.11 Å². The Morgan fingerprint density at radius 1 is 0.857 bits per heavy atom. The number of benzene rings is 3. The van der Waals surface area contributed by atoms with Crippen LogP contribution < -0.4 is 0 Å². The topological polar surface area (TPSA) is 37.3 Å². The van der Waals surface area contributed by atoms with Crippen molar-refractivity contribution in [3.63, 3.8) is 0 Å². The maximum atomic E-state index is 13.8. The molecule has 0 aliphatic rings. The van der Waals surface area contributed by atoms with Crippen molar-refractivity contribution in [2.24, 2.45) is 0 Å². The van der Waals surface area contributed by atoms with E-state index in [0.717, 1.165) is 6.07 Å². The first-order valence-corrected chi connectivity index (χ1v) is 6.28. The van der Waals surface area contributed by atoms with E-state index in [1.54, 1.807) is 24.3 Å². The molecule has 21 heavy (non-hydrogen) atoms. The molecule has 0 aromatic heterocycles. The van der Waals surface area contributed by atoms with Crippen molar-refractivity contribution in [2.45, 2.75) is 0 Å². The monoisotopic (exact) mass is 284 g/mol. The minimum atomic E-state index is -1.22. The molecule has 2 nitrogen and oxygen atoms in total. The van der Waals surface area contributed by atoms with Gasteiger partial charge in [-0.25, -0.2) is 13.6 Å². The first-order valence-electron chi connectivity index (χ1n) is 6.28. The summed E-state index contributed by atoms with van der Waals surface area (Å²) in [4.78, 5) is 11.3. The zero-order valence-electron chi connectivity index (χ0n) is 10.8. The number of rotatable bonds is 2. The van der Waals surface area contributed by atoms with Crippen LogP contribution in [0.4, 0.5) is 8.78 Å². The molecular weight excluding hydrogens is 274 g/mol. The third kappa shape index (κ3) is 2.25. The summed E-state index contributed by atoms with van der Waals surface area (Å²) in [6, 6.07) is 13.1.